The zero-order valence-electron chi connectivity index (χ0n) is 9.84. The van der Waals surface area contributed by atoms with Gasteiger partial charge in [-0.3, -0.25) is 0 Å². The summed E-state index contributed by atoms with van der Waals surface area (Å²) in [7, 11) is 1.86. The van der Waals surface area contributed by atoms with Crippen molar-refractivity contribution < 1.29 is 0 Å². The second kappa shape index (κ2) is 5.63. The van der Waals surface area contributed by atoms with E-state index >= 15 is 0 Å². The average molecular weight is 246 g/mol. The maximum absolute atomic E-state index is 4.44. The lowest BCUT2D eigenvalue weighted by Gasteiger charge is -2.03. The second-order valence-corrected chi connectivity index (χ2v) is 4.48. The third-order valence-corrected chi connectivity index (χ3v) is 3.08. The molecule has 0 bridgehead atoms. The summed E-state index contributed by atoms with van der Waals surface area (Å²) in [4.78, 5) is 13.0. The molecule has 0 aromatic carbocycles. The zero-order valence-corrected chi connectivity index (χ0v) is 10.7. The highest BCUT2D eigenvalue weighted by molar-refractivity contribution is 7.98. The summed E-state index contributed by atoms with van der Waals surface area (Å²) in [6.07, 6.45) is 1.78. The quantitative estimate of drug-likeness (QED) is 0.663. The number of thioether (sulfide) groups is 1. The molecule has 2 aromatic rings. The van der Waals surface area contributed by atoms with Crippen LogP contribution in [0.15, 0.2) is 35.6 Å². The summed E-state index contributed by atoms with van der Waals surface area (Å²) < 4.78 is 0. The maximum Gasteiger partial charge on any atom is 0.188 e. The van der Waals surface area contributed by atoms with E-state index in [-0.39, 0.29) is 0 Å². The van der Waals surface area contributed by atoms with Crippen LogP contribution in [0, 0.1) is 6.92 Å². The van der Waals surface area contributed by atoms with Crippen LogP contribution in [0.5, 0.6) is 0 Å². The third kappa shape index (κ3) is 3.42. The molecule has 0 unspecified atom stereocenters. The number of aryl methyl sites for hydroxylation is 1. The summed E-state index contributed by atoms with van der Waals surface area (Å²) in [5.74, 6) is 1.66. The van der Waals surface area contributed by atoms with Crippen LogP contribution in [-0.2, 0) is 5.75 Å². The number of rotatable bonds is 4. The van der Waals surface area contributed by atoms with Gasteiger partial charge >= 0.3 is 0 Å². The van der Waals surface area contributed by atoms with Gasteiger partial charge < -0.3 is 5.32 Å². The molecule has 0 radical (unpaired) electrons. The molecule has 0 aliphatic carbocycles. The van der Waals surface area contributed by atoms with Crippen molar-refractivity contribution in [3.05, 3.63) is 41.9 Å². The van der Waals surface area contributed by atoms with Crippen molar-refractivity contribution in [3.8, 4) is 0 Å². The standard InChI is InChI=1S/C12H14N4S/c1-9-6-7-14-12(15-9)17-8-10-4-3-5-11(13-2)16-10/h3-7H,8H2,1-2H3,(H,13,16). The molecule has 88 valence electrons. The Morgan fingerprint density at radius 3 is 2.88 bits per heavy atom. The summed E-state index contributed by atoms with van der Waals surface area (Å²) in [5.41, 5.74) is 2.01. The molecule has 1 N–H and O–H groups in total. The van der Waals surface area contributed by atoms with E-state index in [1.165, 1.54) is 0 Å². The molecule has 2 heterocycles. The molecule has 0 saturated carbocycles. The van der Waals surface area contributed by atoms with Crippen molar-refractivity contribution in [2.75, 3.05) is 12.4 Å². The van der Waals surface area contributed by atoms with Crippen molar-refractivity contribution >= 4 is 17.6 Å². The van der Waals surface area contributed by atoms with Gasteiger partial charge in [0.1, 0.15) is 5.82 Å². The molecule has 17 heavy (non-hydrogen) atoms. The lowest BCUT2D eigenvalue weighted by Crippen LogP contribution is -1.95. The van der Waals surface area contributed by atoms with Crippen LogP contribution in [0.2, 0.25) is 0 Å². The number of nitrogens with one attached hydrogen (secondary N) is 1. The van der Waals surface area contributed by atoms with E-state index in [1.807, 2.05) is 38.2 Å². The van der Waals surface area contributed by atoms with Gasteiger partial charge in [-0.15, -0.1) is 0 Å². The lowest BCUT2D eigenvalue weighted by molar-refractivity contribution is 0.930. The fourth-order valence-electron chi connectivity index (χ4n) is 1.33. The number of pyridine rings is 1. The van der Waals surface area contributed by atoms with Crippen LogP contribution in [0.4, 0.5) is 5.82 Å². The highest BCUT2D eigenvalue weighted by atomic mass is 32.2. The number of hydrogen-bond acceptors (Lipinski definition) is 5. The molecule has 0 fully saturated rings. The van der Waals surface area contributed by atoms with Gasteiger partial charge in [-0.25, -0.2) is 15.0 Å². The minimum absolute atomic E-state index is 0.777. The van der Waals surface area contributed by atoms with E-state index in [9.17, 15) is 0 Å². The Balaban J connectivity index is 2.02. The first-order valence-corrected chi connectivity index (χ1v) is 6.32. The smallest absolute Gasteiger partial charge is 0.188 e. The van der Waals surface area contributed by atoms with Crippen LogP contribution in [0.1, 0.15) is 11.4 Å². The van der Waals surface area contributed by atoms with E-state index in [0.717, 1.165) is 28.1 Å². The molecule has 0 amide bonds. The van der Waals surface area contributed by atoms with Crippen LogP contribution in [0.3, 0.4) is 0 Å². The van der Waals surface area contributed by atoms with E-state index in [2.05, 4.69) is 20.3 Å². The fraction of sp³-hybridized carbons (Fsp3) is 0.250. The Morgan fingerprint density at radius 2 is 2.12 bits per heavy atom. The minimum atomic E-state index is 0.777. The van der Waals surface area contributed by atoms with Crippen molar-refractivity contribution in [1.82, 2.24) is 15.0 Å². The molecule has 0 aliphatic rings. The van der Waals surface area contributed by atoms with Gasteiger partial charge in [-0.05, 0) is 25.1 Å². The molecular formula is C12H14N4S. The van der Waals surface area contributed by atoms with Crippen LogP contribution in [0.25, 0.3) is 0 Å². The van der Waals surface area contributed by atoms with Crippen LogP contribution < -0.4 is 5.32 Å². The van der Waals surface area contributed by atoms with Gasteiger partial charge in [0, 0.05) is 24.7 Å². The Morgan fingerprint density at radius 1 is 1.24 bits per heavy atom. The van der Waals surface area contributed by atoms with Crippen molar-refractivity contribution in [1.29, 1.82) is 0 Å². The van der Waals surface area contributed by atoms with Gasteiger partial charge in [0.05, 0.1) is 5.69 Å². The molecule has 0 atom stereocenters. The van der Waals surface area contributed by atoms with Gasteiger partial charge in [-0.1, -0.05) is 17.8 Å². The number of aromatic nitrogens is 3. The third-order valence-electron chi connectivity index (χ3n) is 2.18. The van der Waals surface area contributed by atoms with E-state index in [0.29, 0.717) is 0 Å². The zero-order chi connectivity index (χ0) is 12.1. The Hall–Kier alpha value is -1.62. The van der Waals surface area contributed by atoms with Gasteiger partial charge in [0.15, 0.2) is 5.16 Å². The molecule has 0 saturated heterocycles. The first-order valence-electron chi connectivity index (χ1n) is 5.34. The van der Waals surface area contributed by atoms with E-state index in [4.69, 9.17) is 0 Å². The summed E-state index contributed by atoms with van der Waals surface area (Å²) in [6, 6.07) is 7.83. The Labute approximate surface area is 105 Å². The SMILES string of the molecule is CNc1cccc(CSc2nccc(C)n2)n1. The number of anilines is 1. The lowest BCUT2D eigenvalue weighted by atomic mass is 10.4. The Bertz CT molecular complexity index is 501. The first kappa shape index (κ1) is 11.9. The highest BCUT2D eigenvalue weighted by Crippen LogP contribution is 2.18. The Kier molecular flexibility index (Phi) is 3.93. The summed E-state index contributed by atoms with van der Waals surface area (Å²) in [6.45, 7) is 1.96. The molecule has 0 spiro atoms. The topological polar surface area (TPSA) is 50.7 Å². The van der Waals surface area contributed by atoms with Crippen molar-refractivity contribution in [2.45, 2.75) is 17.8 Å². The molecule has 0 aliphatic heterocycles. The molecular weight excluding hydrogens is 232 g/mol. The molecule has 2 aromatic heterocycles. The van der Waals surface area contributed by atoms with Crippen LogP contribution >= 0.6 is 11.8 Å². The van der Waals surface area contributed by atoms with Gasteiger partial charge in [0.25, 0.3) is 0 Å². The van der Waals surface area contributed by atoms with E-state index < -0.39 is 0 Å². The second-order valence-electron chi connectivity index (χ2n) is 3.53. The highest BCUT2D eigenvalue weighted by Gasteiger charge is 2.01. The largest absolute Gasteiger partial charge is 0.373 e. The number of hydrogen-bond donors (Lipinski definition) is 1. The van der Waals surface area contributed by atoms with Crippen molar-refractivity contribution in [3.63, 3.8) is 0 Å². The molecule has 4 nitrogen and oxygen atoms in total. The molecule has 2 rings (SSSR count). The van der Waals surface area contributed by atoms with Gasteiger partial charge in [-0.2, -0.15) is 0 Å². The van der Waals surface area contributed by atoms with Crippen molar-refractivity contribution in [2.24, 2.45) is 0 Å². The van der Waals surface area contributed by atoms with Crippen LogP contribution in [-0.4, -0.2) is 22.0 Å². The summed E-state index contributed by atoms with van der Waals surface area (Å²) >= 11 is 1.59. The number of nitrogens with zero attached hydrogens (tertiary/aromatic N) is 3. The molecule has 5 heteroatoms. The summed E-state index contributed by atoms with van der Waals surface area (Å²) in [5, 5.41) is 3.82. The van der Waals surface area contributed by atoms with E-state index in [1.54, 1.807) is 18.0 Å². The predicted molar refractivity (Wildman–Crippen MR) is 70.1 cm³/mol. The predicted octanol–water partition coefficient (Wildman–Crippen LogP) is 2.51. The fourth-order valence-corrected chi connectivity index (χ4v) is 2.11. The first-order chi connectivity index (χ1) is 8.28. The minimum Gasteiger partial charge on any atom is -0.373 e. The maximum atomic E-state index is 4.44. The van der Waals surface area contributed by atoms with Gasteiger partial charge in [0.2, 0.25) is 0 Å². The average Bonchev–Trinajstić information content (AvgIpc) is 2.37. The normalized spacial score (nSPS) is 10.2. The monoisotopic (exact) mass is 246 g/mol.